The van der Waals surface area contributed by atoms with Crippen LogP contribution in [0.15, 0.2) is 54.6 Å². The number of piperazine rings is 1. The first-order chi connectivity index (χ1) is 16.0. The molecule has 0 radical (unpaired) electrons. The number of hydrogen-bond acceptors (Lipinski definition) is 5. The van der Waals surface area contributed by atoms with Crippen LogP contribution in [0, 0.1) is 0 Å². The summed E-state index contributed by atoms with van der Waals surface area (Å²) in [5, 5.41) is 15.3. The van der Waals surface area contributed by atoms with Crippen molar-refractivity contribution in [3.63, 3.8) is 0 Å². The van der Waals surface area contributed by atoms with E-state index in [1.165, 1.54) is 6.07 Å². The molecule has 1 aliphatic heterocycles. The predicted octanol–water partition coefficient (Wildman–Crippen LogP) is 5.54. The number of aromatic hydroxyl groups is 1. The van der Waals surface area contributed by atoms with Gasteiger partial charge in [0.15, 0.2) is 0 Å². The van der Waals surface area contributed by atoms with Crippen molar-refractivity contribution < 1.29 is 14.6 Å². The maximum absolute atomic E-state index is 12.2. The lowest BCUT2D eigenvalue weighted by molar-refractivity contribution is 0.200. The van der Waals surface area contributed by atoms with E-state index in [0.717, 1.165) is 51.3 Å². The monoisotopic (exact) mass is 487 g/mol. The van der Waals surface area contributed by atoms with Crippen molar-refractivity contribution in [1.82, 2.24) is 10.2 Å². The third-order valence-corrected chi connectivity index (χ3v) is 6.69. The zero-order valence-electron chi connectivity index (χ0n) is 18.3. The fourth-order valence-electron chi connectivity index (χ4n) is 4.08. The Morgan fingerprint density at radius 3 is 2.48 bits per heavy atom. The van der Waals surface area contributed by atoms with Crippen LogP contribution in [0.4, 0.5) is 10.5 Å². The smallest absolute Gasteiger partial charge is 0.412 e. The van der Waals surface area contributed by atoms with Gasteiger partial charge in [-0.25, -0.2) is 4.79 Å². The first-order valence-electron chi connectivity index (χ1n) is 11.1. The van der Waals surface area contributed by atoms with Crippen LogP contribution in [0.3, 0.4) is 0 Å². The normalized spacial score (nSPS) is 14.4. The average molecular weight is 488 g/mol. The summed E-state index contributed by atoms with van der Waals surface area (Å²) in [4.78, 5) is 16.9. The van der Waals surface area contributed by atoms with E-state index in [1.54, 1.807) is 18.2 Å². The number of carbonyl (C=O) groups is 1. The summed E-state index contributed by atoms with van der Waals surface area (Å²) >= 11 is 12.5. The molecule has 8 heteroatoms. The zero-order valence-corrected chi connectivity index (χ0v) is 19.8. The fraction of sp³-hybridized carbons (Fsp3) is 0.320. The molecule has 0 unspecified atom stereocenters. The number of amides is 1. The Balaban J connectivity index is 1.16. The van der Waals surface area contributed by atoms with Crippen LogP contribution < -0.4 is 15.0 Å². The van der Waals surface area contributed by atoms with Crippen LogP contribution in [0.1, 0.15) is 12.8 Å². The number of anilines is 1. The molecule has 0 bridgehead atoms. The van der Waals surface area contributed by atoms with Gasteiger partial charge >= 0.3 is 6.09 Å². The van der Waals surface area contributed by atoms with E-state index in [9.17, 15) is 9.90 Å². The number of carbonyl (C=O) groups excluding carboxylic acids is 1. The molecular formula is C25H27Cl2N3O3. The van der Waals surface area contributed by atoms with Gasteiger partial charge in [0.1, 0.15) is 11.5 Å². The highest BCUT2D eigenvalue weighted by molar-refractivity contribution is 6.43. The highest BCUT2D eigenvalue weighted by atomic mass is 35.5. The van der Waals surface area contributed by atoms with Gasteiger partial charge in [-0.3, -0.25) is 4.90 Å². The van der Waals surface area contributed by atoms with Gasteiger partial charge in [-0.1, -0.05) is 53.5 Å². The second-order valence-electron chi connectivity index (χ2n) is 8.05. The summed E-state index contributed by atoms with van der Waals surface area (Å²) in [7, 11) is 0. The molecule has 2 N–H and O–H groups in total. The largest absolute Gasteiger partial charge is 0.507 e. The van der Waals surface area contributed by atoms with E-state index in [4.69, 9.17) is 27.9 Å². The average Bonchev–Trinajstić information content (AvgIpc) is 2.83. The molecule has 0 aromatic heterocycles. The van der Waals surface area contributed by atoms with Gasteiger partial charge in [0.05, 0.1) is 15.7 Å². The molecule has 3 aromatic carbocycles. The van der Waals surface area contributed by atoms with E-state index in [0.29, 0.717) is 33.1 Å². The molecular weight excluding hydrogens is 461 g/mol. The van der Waals surface area contributed by atoms with Crippen LogP contribution in [-0.2, 0) is 0 Å². The van der Waals surface area contributed by atoms with Gasteiger partial charge in [-0.2, -0.15) is 0 Å². The molecule has 174 valence electrons. The van der Waals surface area contributed by atoms with Crippen molar-refractivity contribution in [1.29, 1.82) is 0 Å². The summed E-state index contributed by atoms with van der Waals surface area (Å²) in [6, 6.07) is 16.2. The van der Waals surface area contributed by atoms with E-state index in [2.05, 4.69) is 15.1 Å². The SMILES string of the molecule is O=C(NCCCCN1CCN(c2cccc(Cl)c2Cl)CC1)Oc1ccc(O)c2ccccc12. The van der Waals surface area contributed by atoms with Crippen LogP contribution in [0.25, 0.3) is 10.8 Å². The Kier molecular flexibility index (Phi) is 7.81. The second-order valence-corrected chi connectivity index (χ2v) is 8.84. The van der Waals surface area contributed by atoms with Crippen molar-refractivity contribution in [3.8, 4) is 11.5 Å². The summed E-state index contributed by atoms with van der Waals surface area (Å²) < 4.78 is 5.45. The molecule has 1 aliphatic rings. The molecule has 4 rings (SSSR count). The molecule has 1 saturated heterocycles. The molecule has 0 atom stereocenters. The minimum Gasteiger partial charge on any atom is -0.507 e. The topological polar surface area (TPSA) is 65.0 Å². The molecule has 0 spiro atoms. The third kappa shape index (κ3) is 5.82. The van der Waals surface area contributed by atoms with E-state index in [-0.39, 0.29) is 5.75 Å². The Bertz CT molecular complexity index is 1120. The summed E-state index contributed by atoms with van der Waals surface area (Å²) in [5.74, 6) is 0.591. The molecule has 1 heterocycles. The number of phenolic OH excluding ortho intramolecular Hbond substituents is 1. The molecule has 1 fully saturated rings. The van der Waals surface area contributed by atoms with Crippen molar-refractivity contribution in [2.75, 3.05) is 44.2 Å². The van der Waals surface area contributed by atoms with Crippen LogP contribution in [0.2, 0.25) is 10.0 Å². The molecule has 3 aromatic rings. The Labute approximate surface area is 203 Å². The third-order valence-electron chi connectivity index (χ3n) is 5.88. The minimum atomic E-state index is -0.488. The Hall–Kier alpha value is -2.67. The highest BCUT2D eigenvalue weighted by Crippen LogP contribution is 2.33. The van der Waals surface area contributed by atoms with Crippen LogP contribution in [0.5, 0.6) is 11.5 Å². The Morgan fingerprint density at radius 1 is 0.939 bits per heavy atom. The van der Waals surface area contributed by atoms with Gasteiger partial charge < -0.3 is 20.1 Å². The van der Waals surface area contributed by atoms with E-state index >= 15 is 0 Å². The summed E-state index contributed by atoms with van der Waals surface area (Å²) in [6.45, 7) is 5.28. The minimum absolute atomic E-state index is 0.162. The molecule has 0 saturated carbocycles. The van der Waals surface area contributed by atoms with E-state index in [1.807, 2.05) is 30.3 Å². The molecule has 33 heavy (non-hydrogen) atoms. The second kappa shape index (κ2) is 11.0. The first kappa shape index (κ1) is 23.5. The number of unbranched alkanes of at least 4 members (excludes halogenated alkanes) is 1. The van der Waals surface area contributed by atoms with Crippen molar-refractivity contribution in [2.45, 2.75) is 12.8 Å². The number of fused-ring (bicyclic) bond motifs is 1. The van der Waals surface area contributed by atoms with Gasteiger partial charge in [0.25, 0.3) is 0 Å². The molecule has 6 nitrogen and oxygen atoms in total. The molecule has 0 aliphatic carbocycles. The number of hydrogen-bond donors (Lipinski definition) is 2. The number of benzene rings is 3. The van der Waals surface area contributed by atoms with Gasteiger partial charge in [-0.05, 0) is 43.7 Å². The molecule has 1 amide bonds. The lowest BCUT2D eigenvalue weighted by Gasteiger charge is -2.36. The maximum atomic E-state index is 12.2. The van der Waals surface area contributed by atoms with Gasteiger partial charge in [0, 0.05) is 43.5 Å². The zero-order chi connectivity index (χ0) is 23.2. The number of ether oxygens (including phenoxy) is 1. The lowest BCUT2D eigenvalue weighted by Crippen LogP contribution is -2.46. The number of phenols is 1. The fourth-order valence-corrected chi connectivity index (χ4v) is 4.50. The van der Waals surface area contributed by atoms with Gasteiger partial charge in [-0.15, -0.1) is 0 Å². The maximum Gasteiger partial charge on any atom is 0.412 e. The van der Waals surface area contributed by atoms with Crippen molar-refractivity contribution in [2.24, 2.45) is 0 Å². The van der Waals surface area contributed by atoms with Crippen LogP contribution in [-0.4, -0.2) is 55.4 Å². The quantitative estimate of drug-likeness (QED) is 0.428. The van der Waals surface area contributed by atoms with Crippen molar-refractivity contribution >= 4 is 45.8 Å². The van der Waals surface area contributed by atoms with Crippen molar-refractivity contribution in [3.05, 3.63) is 64.6 Å². The lowest BCUT2D eigenvalue weighted by atomic mass is 10.1. The van der Waals surface area contributed by atoms with E-state index < -0.39 is 6.09 Å². The number of rotatable bonds is 7. The predicted molar refractivity (Wildman–Crippen MR) is 134 cm³/mol. The first-order valence-corrected chi connectivity index (χ1v) is 11.9. The standard InChI is InChI=1S/C25H27Cl2N3O3/c26-20-8-5-9-21(24(20)27)30-16-14-29(15-17-30)13-4-3-12-28-25(32)33-23-11-10-22(31)18-6-1-2-7-19(18)23/h1-2,5-11,31H,3-4,12-17H2,(H,28,32). The number of halogens is 2. The van der Waals surface area contributed by atoms with Crippen LogP contribution >= 0.6 is 23.2 Å². The Morgan fingerprint density at radius 2 is 1.70 bits per heavy atom. The summed E-state index contributed by atoms with van der Waals surface area (Å²) in [6.07, 6.45) is 1.37. The number of nitrogens with zero attached hydrogens (tertiary/aromatic N) is 2. The van der Waals surface area contributed by atoms with Gasteiger partial charge in [0.2, 0.25) is 0 Å². The number of nitrogens with one attached hydrogen (secondary N) is 1. The highest BCUT2D eigenvalue weighted by Gasteiger charge is 2.19. The summed E-state index contributed by atoms with van der Waals surface area (Å²) in [5.41, 5.74) is 0.993.